The van der Waals surface area contributed by atoms with E-state index in [9.17, 15) is 19.5 Å². The molecule has 1 aliphatic heterocycles. The second-order valence-corrected chi connectivity index (χ2v) is 6.46. The average molecular weight is 374 g/mol. The summed E-state index contributed by atoms with van der Waals surface area (Å²) in [5, 5.41) is 11.8. The lowest BCUT2D eigenvalue weighted by molar-refractivity contribution is -0.143. The van der Waals surface area contributed by atoms with E-state index >= 15 is 0 Å². The van der Waals surface area contributed by atoms with Crippen LogP contribution in [0.4, 0.5) is 0 Å². The molecule has 1 atom stereocenters. The van der Waals surface area contributed by atoms with Gasteiger partial charge in [0.15, 0.2) is 6.61 Å². The van der Waals surface area contributed by atoms with Crippen LogP contribution in [0, 0.1) is 5.92 Å². The summed E-state index contributed by atoms with van der Waals surface area (Å²) in [5.41, 5.74) is 0. The molecule has 2 N–H and O–H groups in total. The molecular formula is C20H26N2O5. The first-order chi connectivity index (χ1) is 13.0. The number of hydrogen-bond acceptors (Lipinski definition) is 4. The molecule has 2 amide bonds. The maximum Gasteiger partial charge on any atom is 0.326 e. The number of carboxylic acid groups (broad SMARTS) is 1. The van der Waals surface area contributed by atoms with Gasteiger partial charge in [0.2, 0.25) is 5.91 Å². The minimum Gasteiger partial charge on any atom is -0.484 e. The number of allylic oxidation sites excluding steroid dienone is 1. The number of nitrogens with one attached hydrogen (secondary N) is 1. The van der Waals surface area contributed by atoms with Gasteiger partial charge in [-0.05, 0) is 38.3 Å². The van der Waals surface area contributed by atoms with Crippen LogP contribution in [0.25, 0.3) is 0 Å². The van der Waals surface area contributed by atoms with E-state index in [4.69, 9.17) is 4.74 Å². The fraction of sp³-hybridized carbons (Fsp3) is 0.450. The molecule has 7 nitrogen and oxygen atoms in total. The number of carboxylic acids is 1. The first-order valence-corrected chi connectivity index (χ1v) is 9.11. The van der Waals surface area contributed by atoms with Gasteiger partial charge in [0.1, 0.15) is 11.8 Å². The van der Waals surface area contributed by atoms with Crippen molar-refractivity contribution in [1.82, 2.24) is 10.2 Å². The van der Waals surface area contributed by atoms with Crippen molar-refractivity contribution in [1.29, 1.82) is 0 Å². The second-order valence-electron chi connectivity index (χ2n) is 6.46. The molecule has 1 aromatic carbocycles. The third kappa shape index (κ3) is 6.44. The summed E-state index contributed by atoms with van der Waals surface area (Å²) >= 11 is 0. The predicted molar refractivity (Wildman–Crippen MR) is 100 cm³/mol. The van der Waals surface area contributed by atoms with Gasteiger partial charge in [0.05, 0.1) is 0 Å². The van der Waals surface area contributed by atoms with Crippen LogP contribution in [0.3, 0.4) is 0 Å². The van der Waals surface area contributed by atoms with Crippen molar-refractivity contribution in [2.45, 2.75) is 32.2 Å². The molecule has 1 saturated heterocycles. The van der Waals surface area contributed by atoms with Crippen molar-refractivity contribution in [3.8, 4) is 5.75 Å². The summed E-state index contributed by atoms with van der Waals surface area (Å²) in [6.07, 6.45) is 4.75. The van der Waals surface area contributed by atoms with Crippen LogP contribution in [0.2, 0.25) is 0 Å². The number of nitrogens with zero attached hydrogens (tertiary/aromatic N) is 1. The Labute approximate surface area is 159 Å². The standard InChI is InChI=1S/C20H26N2O5/c1-2-3-9-17(20(25)26)21-19(24)15-10-12-22(13-11-15)18(23)14-27-16-7-5-4-6-8-16/h2-8,15,17H,9-14H2,1H3,(H,21,24)(H,25,26)/b3-2+. The molecule has 1 heterocycles. The van der Waals surface area contributed by atoms with Crippen LogP contribution in [0.1, 0.15) is 26.2 Å². The summed E-state index contributed by atoms with van der Waals surface area (Å²) in [6.45, 7) is 2.68. The Morgan fingerprint density at radius 1 is 1.26 bits per heavy atom. The summed E-state index contributed by atoms with van der Waals surface area (Å²) in [7, 11) is 0. The normalized spacial score (nSPS) is 16.1. The van der Waals surface area contributed by atoms with E-state index in [0.717, 1.165) is 0 Å². The zero-order valence-corrected chi connectivity index (χ0v) is 15.5. The highest BCUT2D eigenvalue weighted by molar-refractivity contribution is 5.85. The number of benzene rings is 1. The SMILES string of the molecule is C/C=C/CC(NC(=O)C1CCN(C(=O)COc2ccccc2)CC1)C(=O)O. The number of carbonyl (C=O) groups is 3. The zero-order valence-electron chi connectivity index (χ0n) is 15.5. The molecule has 0 saturated carbocycles. The van der Waals surface area contributed by atoms with Crippen molar-refractivity contribution < 1.29 is 24.2 Å². The van der Waals surface area contributed by atoms with E-state index < -0.39 is 12.0 Å². The maximum absolute atomic E-state index is 12.3. The minimum absolute atomic E-state index is 0.0364. The van der Waals surface area contributed by atoms with E-state index in [-0.39, 0.29) is 30.8 Å². The van der Waals surface area contributed by atoms with Crippen molar-refractivity contribution in [2.24, 2.45) is 5.92 Å². The van der Waals surface area contributed by atoms with E-state index in [0.29, 0.717) is 31.7 Å². The molecule has 0 spiro atoms. The van der Waals surface area contributed by atoms with E-state index in [1.807, 2.05) is 18.2 Å². The highest BCUT2D eigenvalue weighted by Gasteiger charge is 2.29. The van der Waals surface area contributed by atoms with Crippen LogP contribution in [-0.2, 0) is 14.4 Å². The number of carbonyl (C=O) groups excluding carboxylic acids is 2. The third-order valence-corrected chi connectivity index (χ3v) is 4.55. The number of amides is 2. The predicted octanol–water partition coefficient (Wildman–Crippen LogP) is 1.84. The first-order valence-electron chi connectivity index (χ1n) is 9.11. The lowest BCUT2D eigenvalue weighted by Crippen LogP contribution is -2.48. The van der Waals surface area contributed by atoms with Crippen LogP contribution < -0.4 is 10.1 Å². The van der Waals surface area contributed by atoms with E-state index in [2.05, 4.69) is 5.32 Å². The van der Waals surface area contributed by atoms with Gasteiger partial charge >= 0.3 is 5.97 Å². The quantitative estimate of drug-likeness (QED) is 0.677. The fourth-order valence-electron chi connectivity index (χ4n) is 2.93. The van der Waals surface area contributed by atoms with Crippen molar-refractivity contribution in [3.05, 3.63) is 42.5 Å². The number of rotatable bonds is 8. The Balaban J connectivity index is 1.77. The second kappa shape index (κ2) is 10.4. The van der Waals surface area contributed by atoms with Gasteiger partial charge in [0, 0.05) is 19.0 Å². The smallest absolute Gasteiger partial charge is 0.326 e. The summed E-state index contributed by atoms with van der Waals surface area (Å²) in [4.78, 5) is 37.5. The number of hydrogen-bond donors (Lipinski definition) is 2. The van der Waals surface area contributed by atoms with Crippen LogP contribution in [-0.4, -0.2) is 53.5 Å². The number of piperidine rings is 1. The molecule has 1 fully saturated rings. The van der Waals surface area contributed by atoms with Crippen LogP contribution in [0.5, 0.6) is 5.75 Å². The van der Waals surface area contributed by atoms with Gasteiger partial charge in [-0.25, -0.2) is 4.79 Å². The van der Waals surface area contributed by atoms with Gasteiger partial charge in [-0.1, -0.05) is 30.4 Å². The van der Waals surface area contributed by atoms with Crippen LogP contribution >= 0.6 is 0 Å². The van der Waals surface area contributed by atoms with Crippen molar-refractivity contribution >= 4 is 17.8 Å². The molecule has 2 rings (SSSR count). The Kier molecular flexibility index (Phi) is 7.85. The molecule has 1 aromatic rings. The van der Waals surface area contributed by atoms with Crippen molar-refractivity contribution in [2.75, 3.05) is 19.7 Å². The Bertz CT molecular complexity index is 666. The Hall–Kier alpha value is -2.83. The maximum atomic E-state index is 12.3. The molecule has 0 radical (unpaired) electrons. The molecule has 7 heteroatoms. The van der Waals surface area contributed by atoms with Gasteiger partial charge in [0.25, 0.3) is 5.91 Å². The number of para-hydroxylation sites is 1. The Morgan fingerprint density at radius 3 is 2.52 bits per heavy atom. The van der Waals surface area contributed by atoms with Gasteiger partial charge < -0.3 is 20.1 Å². The molecule has 0 aromatic heterocycles. The molecule has 1 aliphatic rings. The fourth-order valence-corrected chi connectivity index (χ4v) is 2.93. The highest BCUT2D eigenvalue weighted by atomic mass is 16.5. The molecule has 1 unspecified atom stereocenters. The summed E-state index contributed by atoms with van der Waals surface area (Å²) in [6, 6.07) is 8.20. The largest absolute Gasteiger partial charge is 0.484 e. The summed E-state index contributed by atoms with van der Waals surface area (Å²) in [5.74, 6) is -1.07. The first kappa shape index (κ1) is 20.5. The molecule has 0 aliphatic carbocycles. The average Bonchev–Trinajstić information content (AvgIpc) is 2.69. The monoisotopic (exact) mass is 374 g/mol. The minimum atomic E-state index is -1.05. The van der Waals surface area contributed by atoms with E-state index in [1.165, 1.54) is 0 Å². The lowest BCUT2D eigenvalue weighted by atomic mass is 9.95. The lowest BCUT2D eigenvalue weighted by Gasteiger charge is -2.31. The molecule has 146 valence electrons. The number of likely N-dealkylation sites (tertiary alicyclic amines) is 1. The van der Waals surface area contributed by atoms with Crippen LogP contribution in [0.15, 0.2) is 42.5 Å². The number of aliphatic carboxylic acids is 1. The van der Waals surface area contributed by atoms with Gasteiger partial charge in [-0.15, -0.1) is 0 Å². The van der Waals surface area contributed by atoms with Gasteiger partial charge in [-0.2, -0.15) is 0 Å². The zero-order chi connectivity index (χ0) is 19.6. The van der Waals surface area contributed by atoms with Crippen molar-refractivity contribution in [3.63, 3.8) is 0 Å². The Morgan fingerprint density at radius 2 is 1.93 bits per heavy atom. The molecule has 0 bridgehead atoms. The molecule has 27 heavy (non-hydrogen) atoms. The summed E-state index contributed by atoms with van der Waals surface area (Å²) < 4.78 is 5.47. The van der Waals surface area contributed by atoms with E-state index in [1.54, 1.807) is 36.1 Å². The number of ether oxygens (including phenoxy) is 1. The third-order valence-electron chi connectivity index (χ3n) is 4.55. The van der Waals surface area contributed by atoms with Gasteiger partial charge in [-0.3, -0.25) is 9.59 Å². The topological polar surface area (TPSA) is 95.9 Å². The molecular weight excluding hydrogens is 348 g/mol. The highest BCUT2D eigenvalue weighted by Crippen LogP contribution is 2.18.